The van der Waals surface area contributed by atoms with Gasteiger partial charge in [-0.25, -0.2) is 0 Å². The van der Waals surface area contributed by atoms with Crippen molar-refractivity contribution in [3.8, 4) is 0 Å². The zero-order chi connectivity index (χ0) is 14.8. The van der Waals surface area contributed by atoms with E-state index in [-0.39, 0.29) is 17.1 Å². The number of hydrogen-bond donors (Lipinski definition) is 2. The Balaban J connectivity index is 2.08. The number of benzene rings is 1. The van der Waals surface area contributed by atoms with Gasteiger partial charge in [-0.2, -0.15) is 0 Å². The van der Waals surface area contributed by atoms with E-state index in [1.807, 2.05) is 0 Å². The molecule has 1 aliphatic heterocycles. The molecule has 0 spiro atoms. The van der Waals surface area contributed by atoms with Crippen molar-refractivity contribution in [2.75, 3.05) is 6.61 Å². The van der Waals surface area contributed by atoms with E-state index in [9.17, 15) is 0 Å². The van der Waals surface area contributed by atoms with Crippen molar-refractivity contribution < 1.29 is 4.74 Å². The Morgan fingerprint density at radius 2 is 1.95 bits per heavy atom. The molecular weight excluding hydrogens is 248 g/mol. The first-order valence-electron chi connectivity index (χ1n) is 7.55. The Bertz CT molecular complexity index is 427. The zero-order valence-corrected chi connectivity index (χ0v) is 13.2. The minimum Gasteiger partial charge on any atom is -0.374 e. The first kappa shape index (κ1) is 15.5. The van der Waals surface area contributed by atoms with Crippen LogP contribution in [0.3, 0.4) is 0 Å². The normalized spacial score (nSPS) is 24.9. The van der Waals surface area contributed by atoms with Gasteiger partial charge in [0.1, 0.15) is 0 Å². The van der Waals surface area contributed by atoms with Gasteiger partial charge in [0.25, 0.3) is 0 Å². The molecule has 1 saturated heterocycles. The maximum atomic E-state index is 5.90. The molecule has 0 saturated carbocycles. The molecule has 2 atom stereocenters. The van der Waals surface area contributed by atoms with Gasteiger partial charge in [0.2, 0.25) is 0 Å². The lowest BCUT2D eigenvalue weighted by molar-refractivity contribution is -0.0115. The highest BCUT2D eigenvalue weighted by Crippen LogP contribution is 2.30. The van der Waals surface area contributed by atoms with Crippen molar-refractivity contribution in [3.63, 3.8) is 0 Å². The molecule has 112 valence electrons. The lowest BCUT2D eigenvalue weighted by Gasteiger charge is -2.33. The summed E-state index contributed by atoms with van der Waals surface area (Å²) in [5.74, 6) is 5.75. The minimum atomic E-state index is -0.141. The number of hydrogen-bond acceptors (Lipinski definition) is 3. The van der Waals surface area contributed by atoms with E-state index in [1.165, 1.54) is 11.1 Å². The molecule has 0 amide bonds. The average molecular weight is 276 g/mol. The van der Waals surface area contributed by atoms with Gasteiger partial charge in [-0.05, 0) is 42.7 Å². The van der Waals surface area contributed by atoms with Crippen LogP contribution >= 0.6 is 0 Å². The molecular formula is C17H28N2O. The second-order valence-corrected chi connectivity index (χ2v) is 7.13. The molecule has 0 aliphatic carbocycles. The van der Waals surface area contributed by atoms with Gasteiger partial charge in [0.05, 0.1) is 11.6 Å². The van der Waals surface area contributed by atoms with E-state index >= 15 is 0 Å². The van der Waals surface area contributed by atoms with E-state index in [0.29, 0.717) is 0 Å². The maximum Gasteiger partial charge on any atom is 0.0824 e. The summed E-state index contributed by atoms with van der Waals surface area (Å²) in [6.45, 7) is 9.71. The smallest absolute Gasteiger partial charge is 0.0824 e. The summed E-state index contributed by atoms with van der Waals surface area (Å²) in [5, 5.41) is 0. The lowest BCUT2D eigenvalue weighted by Crippen LogP contribution is -2.52. The van der Waals surface area contributed by atoms with Crippen LogP contribution in [0.15, 0.2) is 24.3 Å². The fourth-order valence-corrected chi connectivity index (χ4v) is 2.90. The van der Waals surface area contributed by atoms with Gasteiger partial charge in [-0.3, -0.25) is 11.3 Å². The Hall–Kier alpha value is -0.900. The molecule has 0 bridgehead atoms. The zero-order valence-electron chi connectivity index (χ0n) is 13.2. The molecule has 1 aromatic carbocycles. The van der Waals surface area contributed by atoms with Crippen LogP contribution in [0.5, 0.6) is 0 Å². The second kappa shape index (κ2) is 5.84. The van der Waals surface area contributed by atoms with Crippen LogP contribution in [0, 0.1) is 0 Å². The van der Waals surface area contributed by atoms with Gasteiger partial charge in [0.15, 0.2) is 0 Å². The summed E-state index contributed by atoms with van der Waals surface area (Å²) in [7, 11) is 0. The predicted octanol–water partition coefficient (Wildman–Crippen LogP) is 2.93. The van der Waals surface area contributed by atoms with Crippen molar-refractivity contribution in [2.45, 2.75) is 64.0 Å². The van der Waals surface area contributed by atoms with Crippen molar-refractivity contribution in [1.82, 2.24) is 5.43 Å². The van der Waals surface area contributed by atoms with Crippen LogP contribution in [0.1, 0.15) is 51.7 Å². The van der Waals surface area contributed by atoms with Crippen LogP contribution in [0.4, 0.5) is 0 Å². The van der Waals surface area contributed by atoms with Crippen molar-refractivity contribution in [3.05, 3.63) is 35.4 Å². The molecule has 1 aromatic rings. The van der Waals surface area contributed by atoms with E-state index in [4.69, 9.17) is 10.6 Å². The molecule has 3 heteroatoms. The summed E-state index contributed by atoms with van der Waals surface area (Å²) < 4.78 is 5.90. The predicted molar refractivity (Wildman–Crippen MR) is 83.5 cm³/mol. The van der Waals surface area contributed by atoms with Crippen LogP contribution in [0.25, 0.3) is 0 Å². The molecule has 0 aromatic heterocycles. The number of nitrogens with one attached hydrogen (secondary N) is 1. The molecule has 2 rings (SSSR count). The first-order valence-corrected chi connectivity index (χ1v) is 7.55. The lowest BCUT2D eigenvalue weighted by atomic mass is 9.85. The minimum absolute atomic E-state index is 0.141. The van der Waals surface area contributed by atoms with Gasteiger partial charge >= 0.3 is 0 Å². The fraction of sp³-hybridized carbons (Fsp3) is 0.647. The topological polar surface area (TPSA) is 47.3 Å². The molecule has 1 fully saturated rings. The molecule has 20 heavy (non-hydrogen) atoms. The highest BCUT2D eigenvalue weighted by Gasteiger charge is 2.37. The molecule has 1 aliphatic rings. The van der Waals surface area contributed by atoms with E-state index in [2.05, 4.69) is 57.4 Å². The number of nitrogens with two attached hydrogens (primary N) is 1. The van der Waals surface area contributed by atoms with Crippen LogP contribution < -0.4 is 11.3 Å². The van der Waals surface area contributed by atoms with E-state index in [0.717, 1.165) is 25.9 Å². The Kier molecular flexibility index (Phi) is 4.52. The van der Waals surface area contributed by atoms with Crippen LogP contribution in [0.2, 0.25) is 0 Å². The molecule has 0 radical (unpaired) electrons. The summed E-state index contributed by atoms with van der Waals surface area (Å²) in [4.78, 5) is 0. The van der Waals surface area contributed by atoms with E-state index in [1.54, 1.807) is 0 Å². The largest absolute Gasteiger partial charge is 0.374 e. The van der Waals surface area contributed by atoms with Crippen LogP contribution in [-0.2, 0) is 16.6 Å². The summed E-state index contributed by atoms with van der Waals surface area (Å²) in [6.07, 6.45) is 3.09. The second-order valence-electron chi connectivity index (χ2n) is 7.13. The average Bonchev–Trinajstić information content (AvgIpc) is 2.83. The summed E-state index contributed by atoms with van der Waals surface area (Å²) in [5.41, 5.74) is 5.68. The Morgan fingerprint density at radius 3 is 2.40 bits per heavy atom. The van der Waals surface area contributed by atoms with Crippen molar-refractivity contribution in [1.29, 1.82) is 0 Å². The molecule has 1 heterocycles. The van der Waals surface area contributed by atoms with Gasteiger partial charge < -0.3 is 4.74 Å². The quantitative estimate of drug-likeness (QED) is 0.656. The van der Waals surface area contributed by atoms with Gasteiger partial charge in [-0.1, -0.05) is 45.0 Å². The summed E-state index contributed by atoms with van der Waals surface area (Å²) >= 11 is 0. The molecule has 3 nitrogen and oxygen atoms in total. The third-order valence-corrected chi connectivity index (χ3v) is 4.45. The standard InChI is InChI=1S/C17H28N2O/c1-16(2,3)14-8-6-13(7-9-14)12-15(19-18)17(4)10-5-11-20-17/h6-9,15,19H,5,10-12,18H2,1-4H3. The Morgan fingerprint density at radius 1 is 1.30 bits per heavy atom. The summed E-state index contributed by atoms with van der Waals surface area (Å²) in [6, 6.07) is 9.03. The molecule has 2 unspecified atom stereocenters. The number of rotatable bonds is 4. The van der Waals surface area contributed by atoms with E-state index < -0.39 is 0 Å². The van der Waals surface area contributed by atoms with Crippen molar-refractivity contribution in [2.24, 2.45) is 5.84 Å². The molecule has 3 N–H and O–H groups in total. The highest BCUT2D eigenvalue weighted by atomic mass is 16.5. The fourth-order valence-electron chi connectivity index (χ4n) is 2.90. The van der Waals surface area contributed by atoms with Gasteiger partial charge in [0, 0.05) is 6.61 Å². The highest BCUT2D eigenvalue weighted by molar-refractivity contribution is 5.28. The first-order chi connectivity index (χ1) is 9.35. The SMILES string of the molecule is CC(C)(C)c1ccc(CC(NN)C2(C)CCCO2)cc1. The number of ether oxygens (including phenoxy) is 1. The maximum absolute atomic E-state index is 5.90. The Labute approximate surface area is 122 Å². The number of hydrazine groups is 1. The van der Waals surface area contributed by atoms with Gasteiger partial charge in [-0.15, -0.1) is 0 Å². The monoisotopic (exact) mass is 276 g/mol. The van der Waals surface area contributed by atoms with Crippen molar-refractivity contribution >= 4 is 0 Å². The van der Waals surface area contributed by atoms with Crippen LogP contribution in [-0.4, -0.2) is 18.2 Å². The third kappa shape index (κ3) is 3.40. The third-order valence-electron chi connectivity index (χ3n) is 4.45.